The molecule has 0 spiro atoms. The molecule has 2 bridgehead atoms. The van der Waals surface area contributed by atoms with Crippen molar-refractivity contribution >= 4 is 11.7 Å². The number of halogens is 6. The molecule has 2 heterocycles. The third-order valence-corrected chi connectivity index (χ3v) is 4.62. The van der Waals surface area contributed by atoms with Crippen LogP contribution < -0.4 is 10.2 Å². The number of carbonyl (C=O) groups is 1. The van der Waals surface area contributed by atoms with Crippen molar-refractivity contribution in [3.63, 3.8) is 0 Å². The molecule has 2 aliphatic heterocycles. The van der Waals surface area contributed by atoms with Crippen molar-refractivity contribution in [3.05, 3.63) is 29.3 Å². The van der Waals surface area contributed by atoms with Crippen molar-refractivity contribution in [2.24, 2.45) is 0 Å². The molecule has 0 aliphatic carbocycles. The molecule has 3 rings (SSSR count). The first-order valence-electron chi connectivity index (χ1n) is 8.35. The van der Waals surface area contributed by atoms with Gasteiger partial charge in [0, 0.05) is 24.3 Å². The van der Waals surface area contributed by atoms with Crippen LogP contribution in [0.15, 0.2) is 18.2 Å². The fourth-order valence-corrected chi connectivity index (χ4v) is 3.44. The zero-order valence-corrected chi connectivity index (χ0v) is 14.4. The highest BCUT2D eigenvalue weighted by Gasteiger charge is 2.38. The molecule has 2 fully saturated rings. The number of alkyl halides is 6. The first kappa shape index (κ1) is 21.8. The molecule has 2 unspecified atom stereocenters. The van der Waals surface area contributed by atoms with Crippen molar-refractivity contribution in [2.45, 2.75) is 43.7 Å². The number of carboxylic acids is 1. The summed E-state index contributed by atoms with van der Waals surface area (Å²) in [5.41, 5.74) is -0.415. The second-order valence-electron chi connectivity index (χ2n) is 6.43. The van der Waals surface area contributed by atoms with Gasteiger partial charge in [-0.05, 0) is 44.0 Å². The van der Waals surface area contributed by atoms with E-state index in [1.54, 1.807) is 6.07 Å². The molecule has 2 atom stereocenters. The number of fused-ring (bicyclic) bond motifs is 2. The minimum absolute atomic E-state index is 0.295. The Bertz CT molecular complexity index is 743. The molecule has 1 aromatic rings. The minimum atomic E-state index is -5.08. The Hall–Kier alpha value is -2.48. The van der Waals surface area contributed by atoms with Crippen molar-refractivity contribution in [1.82, 2.24) is 5.32 Å². The number of hydrogen-bond acceptors (Lipinski definition) is 4. The number of benzene rings is 1. The van der Waals surface area contributed by atoms with Crippen LogP contribution in [0, 0.1) is 11.3 Å². The number of rotatable bonds is 1. The molecule has 2 N–H and O–H groups in total. The number of hydrogen-bond donors (Lipinski definition) is 2. The Morgan fingerprint density at radius 1 is 1.14 bits per heavy atom. The molecule has 0 amide bonds. The third-order valence-electron chi connectivity index (χ3n) is 4.62. The molecule has 0 saturated carbocycles. The van der Waals surface area contributed by atoms with Crippen LogP contribution in [-0.4, -0.2) is 42.4 Å². The van der Waals surface area contributed by atoms with E-state index < -0.39 is 23.9 Å². The summed E-state index contributed by atoms with van der Waals surface area (Å²) in [7, 11) is 0. The van der Waals surface area contributed by atoms with E-state index in [1.807, 2.05) is 0 Å². The largest absolute Gasteiger partial charge is 0.490 e. The van der Waals surface area contributed by atoms with Gasteiger partial charge in [0.15, 0.2) is 0 Å². The molecule has 5 nitrogen and oxygen atoms in total. The van der Waals surface area contributed by atoms with Gasteiger partial charge in [0.2, 0.25) is 0 Å². The molecule has 154 valence electrons. The van der Waals surface area contributed by atoms with Gasteiger partial charge in [-0.1, -0.05) is 0 Å². The molecule has 1 aromatic carbocycles. The maximum Gasteiger partial charge on any atom is 0.490 e. The van der Waals surface area contributed by atoms with E-state index in [0.29, 0.717) is 12.1 Å². The zero-order chi connectivity index (χ0) is 21.1. The second-order valence-corrected chi connectivity index (χ2v) is 6.43. The van der Waals surface area contributed by atoms with Gasteiger partial charge in [0.1, 0.15) is 0 Å². The Morgan fingerprint density at radius 3 is 2.29 bits per heavy atom. The molecule has 0 radical (unpaired) electrons. The third kappa shape index (κ3) is 5.07. The van der Waals surface area contributed by atoms with E-state index in [9.17, 15) is 26.3 Å². The second kappa shape index (κ2) is 8.26. The Balaban J connectivity index is 0.000000345. The van der Waals surface area contributed by atoms with Crippen molar-refractivity contribution in [1.29, 1.82) is 5.26 Å². The summed E-state index contributed by atoms with van der Waals surface area (Å²) in [5, 5.41) is 19.5. The number of nitrogens with one attached hydrogen (secondary N) is 1. The average Bonchev–Trinajstić information content (AvgIpc) is 2.86. The molecule has 0 aromatic heterocycles. The first-order valence-corrected chi connectivity index (χ1v) is 8.35. The summed E-state index contributed by atoms with van der Waals surface area (Å²) in [4.78, 5) is 11.1. The highest BCUT2D eigenvalue weighted by Crippen LogP contribution is 2.37. The van der Waals surface area contributed by atoms with Gasteiger partial charge in [0.05, 0.1) is 17.2 Å². The van der Waals surface area contributed by atoms with Gasteiger partial charge in [-0.3, -0.25) is 0 Å². The van der Waals surface area contributed by atoms with Crippen LogP contribution >= 0.6 is 0 Å². The van der Waals surface area contributed by atoms with Crippen LogP contribution in [0.25, 0.3) is 0 Å². The van der Waals surface area contributed by atoms with Crippen molar-refractivity contribution in [2.75, 3.05) is 18.0 Å². The van der Waals surface area contributed by atoms with E-state index >= 15 is 0 Å². The fraction of sp³-hybridized carbons (Fsp3) is 0.529. The molecular weight excluding hydrogens is 392 g/mol. The number of nitriles is 1. The van der Waals surface area contributed by atoms with Crippen molar-refractivity contribution < 1.29 is 36.2 Å². The van der Waals surface area contributed by atoms with Gasteiger partial charge in [-0.15, -0.1) is 0 Å². The lowest BCUT2D eigenvalue weighted by molar-refractivity contribution is -0.192. The summed E-state index contributed by atoms with van der Waals surface area (Å²) in [6.07, 6.45) is -6.47. The summed E-state index contributed by atoms with van der Waals surface area (Å²) in [5.74, 6) is -2.76. The van der Waals surface area contributed by atoms with Crippen molar-refractivity contribution in [3.8, 4) is 6.07 Å². The van der Waals surface area contributed by atoms with E-state index in [0.717, 1.165) is 44.1 Å². The van der Waals surface area contributed by atoms with E-state index in [2.05, 4.69) is 10.2 Å². The number of nitrogens with zero attached hydrogens (tertiary/aromatic N) is 2. The fourth-order valence-electron chi connectivity index (χ4n) is 3.44. The van der Waals surface area contributed by atoms with E-state index in [-0.39, 0.29) is 5.56 Å². The Kier molecular flexibility index (Phi) is 6.44. The average molecular weight is 409 g/mol. The molecular formula is C17H17F6N3O2. The summed E-state index contributed by atoms with van der Waals surface area (Å²) in [6, 6.07) is 6.27. The maximum atomic E-state index is 12.9. The SMILES string of the molecule is N#Cc1cc(N2C3CCNCC2CC3)ccc1C(F)(F)F.O=C(O)C(F)(F)F. The van der Waals surface area contributed by atoms with Crippen LogP contribution in [-0.2, 0) is 11.0 Å². The maximum absolute atomic E-state index is 12.9. The summed E-state index contributed by atoms with van der Waals surface area (Å²) in [6.45, 7) is 1.78. The number of anilines is 1. The Labute approximate surface area is 156 Å². The van der Waals surface area contributed by atoms with Gasteiger partial charge in [-0.25, -0.2) is 4.79 Å². The number of aliphatic carboxylic acids is 1. The smallest absolute Gasteiger partial charge is 0.475 e. The van der Waals surface area contributed by atoms with Gasteiger partial charge < -0.3 is 15.3 Å². The van der Waals surface area contributed by atoms with Gasteiger partial charge in [0.25, 0.3) is 0 Å². The monoisotopic (exact) mass is 409 g/mol. The van der Waals surface area contributed by atoms with Crippen LogP contribution in [0.2, 0.25) is 0 Å². The molecule has 2 saturated heterocycles. The summed E-state index contributed by atoms with van der Waals surface area (Å²) < 4.78 is 70.3. The van der Waals surface area contributed by atoms with Gasteiger partial charge in [-0.2, -0.15) is 31.6 Å². The first-order chi connectivity index (χ1) is 12.9. The normalized spacial score (nSPS) is 22.0. The number of carboxylic acid groups (broad SMARTS) is 1. The topological polar surface area (TPSA) is 76.4 Å². The predicted molar refractivity (Wildman–Crippen MR) is 86.6 cm³/mol. The van der Waals surface area contributed by atoms with Crippen LogP contribution in [0.3, 0.4) is 0 Å². The lowest BCUT2D eigenvalue weighted by Gasteiger charge is -2.30. The van der Waals surface area contributed by atoms with Crippen LogP contribution in [0.1, 0.15) is 30.4 Å². The highest BCUT2D eigenvalue weighted by atomic mass is 19.4. The quantitative estimate of drug-likeness (QED) is 0.694. The van der Waals surface area contributed by atoms with Gasteiger partial charge >= 0.3 is 18.3 Å². The van der Waals surface area contributed by atoms with Crippen LogP contribution in [0.4, 0.5) is 32.0 Å². The lowest BCUT2D eigenvalue weighted by atomic mass is 10.1. The lowest BCUT2D eigenvalue weighted by Crippen LogP contribution is -2.38. The van der Waals surface area contributed by atoms with E-state index in [4.69, 9.17) is 15.2 Å². The molecule has 2 aliphatic rings. The zero-order valence-electron chi connectivity index (χ0n) is 14.4. The minimum Gasteiger partial charge on any atom is -0.475 e. The highest BCUT2D eigenvalue weighted by molar-refractivity contribution is 5.73. The van der Waals surface area contributed by atoms with Crippen LogP contribution in [0.5, 0.6) is 0 Å². The standard InChI is InChI=1S/C15H16F3N3.C2HF3O2/c16-15(17,18)14-4-3-12(7-10(14)8-19)21-11-1-2-13(21)9-20-6-5-11;3-2(4,5)1(6)7/h3-4,7,11,13,20H,1-2,5-6,9H2;(H,6,7). The molecule has 28 heavy (non-hydrogen) atoms. The Morgan fingerprint density at radius 2 is 1.75 bits per heavy atom. The van der Waals surface area contributed by atoms with E-state index in [1.165, 1.54) is 12.1 Å². The molecule has 11 heteroatoms. The predicted octanol–water partition coefficient (Wildman–Crippen LogP) is 3.54. The summed E-state index contributed by atoms with van der Waals surface area (Å²) >= 11 is 0.